The number of rotatable bonds is 8. The summed E-state index contributed by atoms with van der Waals surface area (Å²) >= 11 is 1.75. The molecule has 0 aliphatic heterocycles. The highest BCUT2D eigenvalue weighted by atomic mass is 32.1. The highest BCUT2D eigenvalue weighted by Crippen LogP contribution is 2.13. The quantitative estimate of drug-likeness (QED) is 0.788. The van der Waals surface area contributed by atoms with Gasteiger partial charge in [0.1, 0.15) is 0 Å². The monoisotopic (exact) mass is 304 g/mol. The van der Waals surface area contributed by atoms with Crippen molar-refractivity contribution >= 4 is 11.3 Å². The van der Waals surface area contributed by atoms with Crippen LogP contribution in [0.5, 0.6) is 0 Å². The van der Waals surface area contributed by atoms with Crippen LogP contribution in [-0.4, -0.2) is 35.2 Å². The lowest BCUT2D eigenvalue weighted by molar-refractivity contribution is 0.0904. The first-order valence-electron chi connectivity index (χ1n) is 7.41. The molecular weight excluding hydrogens is 280 g/mol. The summed E-state index contributed by atoms with van der Waals surface area (Å²) in [6.45, 7) is 4.52. The van der Waals surface area contributed by atoms with Gasteiger partial charge in [-0.2, -0.15) is 0 Å². The fourth-order valence-electron chi connectivity index (χ4n) is 2.35. The van der Waals surface area contributed by atoms with Gasteiger partial charge >= 0.3 is 0 Å². The lowest BCUT2D eigenvalue weighted by atomic mass is 10.0. The lowest BCUT2D eigenvalue weighted by Crippen LogP contribution is -2.44. The summed E-state index contributed by atoms with van der Waals surface area (Å²) in [5, 5.41) is 12.4. The predicted octanol–water partition coefficient (Wildman–Crippen LogP) is 2.50. The number of benzene rings is 1. The van der Waals surface area contributed by atoms with E-state index in [2.05, 4.69) is 41.5 Å². The van der Waals surface area contributed by atoms with Crippen molar-refractivity contribution in [3.05, 3.63) is 58.3 Å². The van der Waals surface area contributed by atoms with E-state index in [-0.39, 0.29) is 6.04 Å². The fraction of sp³-hybridized carbons (Fsp3) is 0.412. The first-order chi connectivity index (χ1) is 10.2. The van der Waals surface area contributed by atoms with Crippen molar-refractivity contribution in [2.24, 2.45) is 5.73 Å². The highest BCUT2D eigenvalue weighted by Gasteiger charge is 2.18. The molecule has 3 nitrogen and oxygen atoms in total. The van der Waals surface area contributed by atoms with E-state index in [1.807, 2.05) is 18.2 Å². The molecule has 2 rings (SSSR count). The van der Waals surface area contributed by atoms with Crippen LogP contribution in [0.3, 0.4) is 0 Å². The second kappa shape index (κ2) is 8.29. The molecule has 0 fully saturated rings. The van der Waals surface area contributed by atoms with E-state index in [0.717, 1.165) is 13.1 Å². The van der Waals surface area contributed by atoms with Gasteiger partial charge < -0.3 is 10.8 Å². The van der Waals surface area contributed by atoms with Gasteiger partial charge in [-0.1, -0.05) is 43.3 Å². The number of likely N-dealkylation sites (N-methyl/N-ethyl adjacent to an activating group) is 1. The van der Waals surface area contributed by atoms with Crippen LogP contribution >= 0.6 is 11.3 Å². The molecule has 0 saturated carbocycles. The van der Waals surface area contributed by atoms with Crippen LogP contribution in [-0.2, 0) is 13.0 Å². The van der Waals surface area contributed by atoms with E-state index < -0.39 is 6.10 Å². The van der Waals surface area contributed by atoms with Crippen LogP contribution in [0.25, 0.3) is 0 Å². The van der Waals surface area contributed by atoms with Gasteiger partial charge in [-0.3, -0.25) is 4.90 Å². The normalized spacial score (nSPS) is 14.3. The molecule has 2 unspecified atom stereocenters. The zero-order valence-corrected chi connectivity index (χ0v) is 13.3. The third kappa shape index (κ3) is 5.25. The third-order valence-electron chi connectivity index (χ3n) is 3.66. The minimum atomic E-state index is -0.509. The standard InChI is InChI=1S/C17H24N2OS/c1-2-19(12-15-9-6-10-21-15)13-17(20)16(18)11-14-7-4-3-5-8-14/h3-10,16-17,20H,2,11-13,18H2,1H3. The smallest absolute Gasteiger partial charge is 0.0821 e. The van der Waals surface area contributed by atoms with Gasteiger partial charge in [0.05, 0.1) is 6.10 Å². The largest absolute Gasteiger partial charge is 0.390 e. The van der Waals surface area contributed by atoms with Crippen LogP contribution in [0.2, 0.25) is 0 Å². The van der Waals surface area contributed by atoms with Crippen molar-refractivity contribution in [1.82, 2.24) is 4.90 Å². The Kier molecular flexibility index (Phi) is 6.39. The van der Waals surface area contributed by atoms with Crippen molar-refractivity contribution in [1.29, 1.82) is 0 Å². The molecule has 0 aliphatic rings. The number of hydrogen-bond donors (Lipinski definition) is 2. The number of nitrogens with two attached hydrogens (primary N) is 1. The number of aliphatic hydroxyl groups excluding tert-OH is 1. The number of aliphatic hydroxyl groups is 1. The molecular formula is C17H24N2OS. The van der Waals surface area contributed by atoms with E-state index in [9.17, 15) is 5.11 Å². The van der Waals surface area contributed by atoms with Crippen molar-refractivity contribution in [3.63, 3.8) is 0 Å². The summed E-state index contributed by atoms with van der Waals surface area (Å²) in [4.78, 5) is 3.56. The first kappa shape index (κ1) is 16.2. The van der Waals surface area contributed by atoms with E-state index in [0.29, 0.717) is 13.0 Å². The van der Waals surface area contributed by atoms with Gasteiger partial charge in [0, 0.05) is 24.0 Å². The van der Waals surface area contributed by atoms with Gasteiger partial charge in [-0.25, -0.2) is 0 Å². The zero-order valence-electron chi connectivity index (χ0n) is 12.5. The molecule has 1 heterocycles. The minimum absolute atomic E-state index is 0.232. The van der Waals surface area contributed by atoms with Crippen LogP contribution in [0, 0.1) is 0 Å². The maximum atomic E-state index is 10.3. The Balaban J connectivity index is 1.85. The van der Waals surface area contributed by atoms with Crippen LogP contribution in [0.15, 0.2) is 47.8 Å². The van der Waals surface area contributed by atoms with Crippen LogP contribution in [0.4, 0.5) is 0 Å². The first-order valence-corrected chi connectivity index (χ1v) is 8.29. The lowest BCUT2D eigenvalue weighted by Gasteiger charge is -2.26. The zero-order chi connectivity index (χ0) is 15.1. The third-order valence-corrected chi connectivity index (χ3v) is 4.52. The summed E-state index contributed by atoms with van der Waals surface area (Å²) < 4.78 is 0. The molecule has 2 aromatic rings. The van der Waals surface area contributed by atoms with E-state index in [1.54, 1.807) is 11.3 Å². The molecule has 0 amide bonds. The average Bonchev–Trinajstić information content (AvgIpc) is 3.00. The topological polar surface area (TPSA) is 49.5 Å². The van der Waals surface area contributed by atoms with Crippen molar-refractivity contribution in [2.75, 3.05) is 13.1 Å². The van der Waals surface area contributed by atoms with Crippen molar-refractivity contribution < 1.29 is 5.11 Å². The molecule has 2 atom stereocenters. The summed E-state index contributed by atoms with van der Waals surface area (Å²) in [6.07, 6.45) is 0.198. The molecule has 0 aliphatic carbocycles. The van der Waals surface area contributed by atoms with E-state index in [4.69, 9.17) is 5.73 Å². The summed E-state index contributed by atoms with van der Waals surface area (Å²) in [5.74, 6) is 0. The molecule has 1 aromatic carbocycles. The number of thiophene rings is 1. The van der Waals surface area contributed by atoms with Crippen LogP contribution in [0.1, 0.15) is 17.4 Å². The number of nitrogens with zero attached hydrogens (tertiary/aromatic N) is 1. The van der Waals surface area contributed by atoms with Gasteiger partial charge in [-0.15, -0.1) is 11.3 Å². The molecule has 1 aromatic heterocycles. The van der Waals surface area contributed by atoms with Gasteiger partial charge in [0.15, 0.2) is 0 Å². The highest BCUT2D eigenvalue weighted by molar-refractivity contribution is 7.09. The molecule has 0 radical (unpaired) electrons. The summed E-state index contributed by atoms with van der Waals surface area (Å²) in [6, 6.07) is 14.1. The Morgan fingerprint density at radius 1 is 1.19 bits per heavy atom. The Morgan fingerprint density at radius 2 is 1.95 bits per heavy atom. The van der Waals surface area contributed by atoms with Gasteiger partial charge in [-0.05, 0) is 30.0 Å². The Bertz CT molecular complexity index is 501. The SMILES string of the molecule is CCN(Cc1cccs1)CC(O)C(N)Cc1ccccc1. The van der Waals surface area contributed by atoms with Crippen molar-refractivity contribution in [2.45, 2.75) is 32.0 Å². The Hall–Kier alpha value is -1.20. The number of hydrogen-bond acceptors (Lipinski definition) is 4. The molecule has 0 spiro atoms. The van der Waals surface area contributed by atoms with Crippen molar-refractivity contribution in [3.8, 4) is 0 Å². The van der Waals surface area contributed by atoms with E-state index >= 15 is 0 Å². The molecule has 114 valence electrons. The Labute approximate surface area is 131 Å². The van der Waals surface area contributed by atoms with Gasteiger partial charge in [0.2, 0.25) is 0 Å². The minimum Gasteiger partial charge on any atom is -0.390 e. The fourth-order valence-corrected chi connectivity index (χ4v) is 3.10. The predicted molar refractivity (Wildman–Crippen MR) is 89.4 cm³/mol. The second-order valence-corrected chi connectivity index (χ2v) is 6.36. The van der Waals surface area contributed by atoms with E-state index in [1.165, 1.54) is 10.4 Å². The maximum absolute atomic E-state index is 10.3. The summed E-state index contributed by atoms with van der Waals surface area (Å²) in [7, 11) is 0. The summed E-state index contributed by atoms with van der Waals surface area (Å²) in [5.41, 5.74) is 7.32. The molecule has 4 heteroatoms. The molecule has 0 bridgehead atoms. The molecule has 21 heavy (non-hydrogen) atoms. The molecule has 3 N–H and O–H groups in total. The second-order valence-electron chi connectivity index (χ2n) is 5.33. The maximum Gasteiger partial charge on any atom is 0.0821 e. The Morgan fingerprint density at radius 3 is 2.57 bits per heavy atom. The molecule has 0 saturated heterocycles. The van der Waals surface area contributed by atoms with Crippen LogP contribution < -0.4 is 5.73 Å². The van der Waals surface area contributed by atoms with Gasteiger partial charge in [0.25, 0.3) is 0 Å². The average molecular weight is 304 g/mol.